The van der Waals surface area contributed by atoms with Gasteiger partial charge in [-0.05, 0) is 19.3 Å². The quantitative estimate of drug-likeness (QED) is 0.0274. The predicted octanol–water partition coefficient (Wildman–Crippen LogP) is 5.60. The third kappa shape index (κ3) is 23.0. The van der Waals surface area contributed by atoms with E-state index < -0.39 is 86.8 Å². The molecule has 0 aliphatic carbocycles. The Morgan fingerprint density at radius 3 is 1.51 bits per heavy atom. The maximum Gasteiger partial charge on any atom is 0.220 e. The number of allylic oxidation sites excluding steroid dienone is 1. The van der Waals surface area contributed by atoms with E-state index in [1.165, 1.54) is 109 Å². The molecule has 12 unspecified atom stereocenters. The summed E-state index contributed by atoms with van der Waals surface area (Å²) in [6, 6.07) is -0.905. The van der Waals surface area contributed by atoms with Gasteiger partial charge >= 0.3 is 0 Å². The summed E-state index contributed by atoms with van der Waals surface area (Å²) in [6.45, 7) is 2.71. The van der Waals surface area contributed by atoms with Crippen molar-refractivity contribution in [2.45, 2.75) is 261 Å². The molecule has 0 spiro atoms. The molecular weight excluding hydrogens is 787 g/mol. The van der Waals surface area contributed by atoms with Crippen molar-refractivity contribution in [2.24, 2.45) is 0 Å². The van der Waals surface area contributed by atoms with Gasteiger partial charge in [-0.1, -0.05) is 174 Å². The fourth-order valence-corrected chi connectivity index (χ4v) is 8.17. The van der Waals surface area contributed by atoms with Crippen LogP contribution in [0.25, 0.3) is 0 Å². The molecule has 14 heteroatoms. The zero-order chi connectivity index (χ0) is 44.7. The van der Waals surface area contributed by atoms with Crippen LogP contribution in [0.1, 0.15) is 187 Å². The Morgan fingerprint density at radius 1 is 0.574 bits per heavy atom. The number of amides is 1. The summed E-state index contributed by atoms with van der Waals surface area (Å²) in [5.74, 6) is -0.248. The largest absolute Gasteiger partial charge is 0.394 e. The molecule has 0 radical (unpaired) electrons. The minimum absolute atomic E-state index is 0.248. The van der Waals surface area contributed by atoms with Crippen molar-refractivity contribution in [3.8, 4) is 0 Å². The van der Waals surface area contributed by atoms with Crippen molar-refractivity contribution in [3.63, 3.8) is 0 Å². The zero-order valence-corrected chi connectivity index (χ0v) is 37.9. The molecule has 0 aromatic carbocycles. The van der Waals surface area contributed by atoms with Gasteiger partial charge in [-0.25, -0.2) is 0 Å². The van der Waals surface area contributed by atoms with Gasteiger partial charge in [-0.3, -0.25) is 4.79 Å². The van der Waals surface area contributed by atoms with Crippen LogP contribution in [0.3, 0.4) is 0 Å². The van der Waals surface area contributed by atoms with E-state index in [0.717, 1.165) is 51.4 Å². The van der Waals surface area contributed by atoms with E-state index in [9.17, 15) is 45.6 Å². The third-order valence-electron chi connectivity index (χ3n) is 12.2. The van der Waals surface area contributed by atoms with Crippen LogP contribution in [0.2, 0.25) is 0 Å². The van der Waals surface area contributed by atoms with Crippen molar-refractivity contribution >= 4 is 5.91 Å². The molecule has 0 aromatic rings. The van der Waals surface area contributed by atoms with Gasteiger partial charge in [0.05, 0.1) is 32.0 Å². The summed E-state index contributed by atoms with van der Waals surface area (Å²) in [6.07, 6.45) is 18.7. The molecule has 2 saturated heterocycles. The lowest BCUT2D eigenvalue weighted by Crippen LogP contribution is -2.65. The Bertz CT molecular complexity index is 1080. The van der Waals surface area contributed by atoms with E-state index in [1.807, 2.05) is 6.08 Å². The van der Waals surface area contributed by atoms with Crippen LogP contribution in [-0.2, 0) is 23.7 Å². The van der Waals surface area contributed by atoms with Crippen LogP contribution in [-0.4, -0.2) is 140 Å². The molecule has 2 aliphatic heterocycles. The second-order valence-electron chi connectivity index (χ2n) is 17.6. The minimum atomic E-state index is -1.78. The SMILES string of the molecule is CCCCCCCCCCCCCCCCCCCCC/C=C/C(O)C(COC1OC(CO)C(OC2OC(CO)C(O)C(O)C2O)C(O)C1O)NC(=O)CCCCCCCC. The second kappa shape index (κ2) is 35.0. The molecule has 14 nitrogen and oxygen atoms in total. The van der Waals surface area contributed by atoms with Crippen molar-refractivity contribution in [3.05, 3.63) is 12.2 Å². The van der Waals surface area contributed by atoms with E-state index >= 15 is 0 Å². The van der Waals surface area contributed by atoms with Gasteiger partial charge < -0.3 is 65.1 Å². The lowest BCUT2D eigenvalue weighted by molar-refractivity contribution is -0.359. The number of unbranched alkanes of at least 4 members (excludes halogenated alkanes) is 24. The molecule has 9 N–H and O–H groups in total. The molecule has 0 saturated carbocycles. The molecule has 12 atom stereocenters. The smallest absolute Gasteiger partial charge is 0.220 e. The molecule has 2 aliphatic rings. The summed E-state index contributed by atoms with van der Waals surface area (Å²) in [4.78, 5) is 13.0. The van der Waals surface area contributed by atoms with Gasteiger partial charge in [0.15, 0.2) is 12.6 Å². The highest BCUT2D eigenvalue weighted by atomic mass is 16.7. The number of hydrogen-bond donors (Lipinski definition) is 9. The molecule has 360 valence electrons. The van der Waals surface area contributed by atoms with Crippen molar-refractivity contribution in [1.82, 2.24) is 5.32 Å². The Hall–Kier alpha value is -1.27. The summed E-state index contributed by atoms with van der Waals surface area (Å²) < 4.78 is 22.6. The topological polar surface area (TPSA) is 228 Å². The first kappa shape index (κ1) is 55.9. The van der Waals surface area contributed by atoms with Gasteiger partial charge in [-0.2, -0.15) is 0 Å². The van der Waals surface area contributed by atoms with Crippen LogP contribution in [0, 0.1) is 0 Å². The number of aliphatic hydroxyl groups excluding tert-OH is 8. The van der Waals surface area contributed by atoms with Gasteiger partial charge in [0.1, 0.15) is 48.8 Å². The minimum Gasteiger partial charge on any atom is -0.394 e. The summed E-state index contributed by atoms with van der Waals surface area (Å²) in [5.41, 5.74) is 0. The fourth-order valence-electron chi connectivity index (χ4n) is 8.17. The van der Waals surface area contributed by atoms with Gasteiger partial charge in [0.25, 0.3) is 0 Å². The standard InChI is InChI=1S/C47H89NO13/c1-3-5-7-9-11-12-13-14-15-16-17-18-19-20-21-22-23-24-25-26-28-30-36(51)35(48-39(52)31-29-27-10-8-6-4-2)34-58-46-44(57)42(55)45(38(33-50)60-46)61-47-43(56)41(54)40(53)37(32-49)59-47/h28,30,35-38,40-47,49-51,53-57H,3-27,29,31-34H2,1-2H3,(H,48,52)/b30-28+. The van der Waals surface area contributed by atoms with Crippen LogP contribution in [0.15, 0.2) is 12.2 Å². The number of nitrogens with one attached hydrogen (secondary N) is 1. The lowest BCUT2D eigenvalue weighted by Gasteiger charge is -2.46. The number of aliphatic hydroxyl groups is 8. The predicted molar refractivity (Wildman–Crippen MR) is 235 cm³/mol. The summed E-state index contributed by atoms with van der Waals surface area (Å²) in [5, 5.41) is 86.3. The first-order valence-electron chi connectivity index (χ1n) is 24.4. The highest BCUT2D eigenvalue weighted by Crippen LogP contribution is 2.30. The molecule has 1 amide bonds. The Morgan fingerprint density at radius 2 is 1.02 bits per heavy atom. The molecule has 61 heavy (non-hydrogen) atoms. The summed E-state index contributed by atoms with van der Waals surface area (Å²) >= 11 is 0. The maximum absolute atomic E-state index is 13.0. The molecule has 0 aromatic heterocycles. The zero-order valence-electron chi connectivity index (χ0n) is 37.9. The lowest BCUT2D eigenvalue weighted by atomic mass is 9.97. The molecular formula is C47H89NO13. The highest BCUT2D eigenvalue weighted by molar-refractivity contribution is 5.76. The van der Waals surface area contributed by atoms with Gasteiger partial charge in [-0.15, -0.1) is 0 Å². The van der Waals surface area contributed by atoms with Gasteiger partial charge in [0, 0.05) is 6.42 Å². The van der Waals surface area contributed by atoms with E-state index in [0.29, 0.717) is 6.42 Å². The Kier molecular flexibility index (Phi) is 32.1. The van der Waals surface area contributed by atoms with Crippen LogP contribution >= 0.6 is 0 Å². The van der Waals surface area contributed by atoms with E-state index in [4.69, 9.17) is 18.9 Å². The fraction of sp³-hybridized carbons (Fsp3) is 0.936. The Labute approximate surface area is 367 Å². The normalized spacial score (nSPS) is 28.0. The number of carbonyl (C=O) groups is 1. The van der Waals surface area contributed by atoms with E-state index in [1.54, 1.807) is 6.08 Å². The molecule has 2 rings (SSSR count). The van der Waals surface area contributed by atoms with Crippen molar-refractivity contribution in [2.75, 3.05) is 19.8 Å². The summed E-state index contributed by atoms with van der Waals surface area (Å²) in [7, 11) is 0. The van der Waals surface area contributed by atoms with Crippen molar-refractivity contribution < 1.29 is 64.6 Å². The highest BCUT2D eigenvalue weighted by Gasteiger charge is 2.51. The first-order chi connectivity index (χ1) is 29.6. The molecule has 0 bridgehead atoms. The number of ether oxygens (including phenoxy) is 4. The van der Waals surface area contributed by atoms with Crippen LogP contribution in [0.4, 0.5) is 0 Å². The van der Waals surface area contributed by atoms with Crippen molar-refractivity contribution in [1.29, 1.82) is 0 Å². The number of carbonyl (C=O) groups excluding carboxylic acids is 1. The monoisotopic (exact) mass is 876 g/mol. The second-order valence-corrected chi connectivity index (χ2v) is 17.6. The first-order valence-corrected chi connectivity index (χ1v) is 24.4. The van der Waals surface area contributed by atoms with Crippen LogP contribution < -0.4 is 5.32 Å². The van der Waals surface area contributed by atoms with E-state index in [-0.39, 0.29) is 18.9 Å². The van der Waals surface area contributed by atoms with Gasteiger partial charge in [0.2, 0.25) is 5.91 Å². The third-order valence-corrected chi connectivity index (χ3v) is 12.2. The Balaban J connectivity index is 1.77. The average molecular weight is 876 g/mol. The number of rotatable bonds is 37. The van der Waals surface area contributed by atoms with E-state index in [2.05, 4.69) is 19.2 Å². The maximum atomic E-state index is 13.0. The molecule has 2 fully saturated rings. The van der Waals surface area contributed by atoms with Crippen LogP contribution in [0.5, 0.6) is 0 Å². The average Bonchev–Trinajstić information content (AvgIpc) is 3.26. The molecule has 2 heterocycles. The number of hydrogen-bond acceptors (Lipinski definition) is 13.